The Morgan fingerprint density at radius 2 is 2.05 bits per heavy atom. The lowest BCUT2D eigenvalue weighted by atomic mass is 10.3. The Kier molecular flexibility index (Phi) is 7.94. The number of aromatic nitrogens is 1. The van der Waals surface area contributed by atoms with Gasteiger partial charge in [-0.25, -0.2) is 4.98 Å². The standard InChI is InChI=1S/C13H19F3N2OS/c1-19-8-7-17-6-2-3-9-20-12-5-4-11(10-18-12)13(14,15)16/h4-5,10,17H,2-3,6-9H2,1H3. The van der Waals surface area contributed by atoms with Gasteiger partial charge in [-0.1, -0.05) is 0 Å². The number of halogens is 3. The van der Waals surface area contributed by atoms with Gasteiger partial charge in [0.05, 0.1) is 17.2 Å². The lowest BCUT2D eigenvalue weighted by molar-refractivity contribution is -0.137. The number of unbranched alkanes of at least 4 members (excludes halogenated alkanes) is 1. The number of ether oxygens (including phenoxy) is 1. The van der Waals surface area contributed by atoms with Gasteiger partial charge < -0.3 is 10.1 Å². The van der Waals surface area contributed by atoms with Gasteiger partial charge in [0.2, 0.25) is 0 Å². The van der Waals surface area contributed by atoms with Crippen molar-refractivity contribution < 1.29 is 17.9 Å². The van der Waals surface area contributed by atoms with Gasteiger partial charge >= 0.3 is 6.18 Å². The van der Waals surface area contributed by atoms with E-state index in [1.54, 1.807) is 7.11 Å². The Bertz CT molecular complexity index is 371. The molecule has 7 heteroatoms. The Hall–Kier alpha value is -0.790. The van der Waals surface area contributed by atoms with Crippen LogP contribution in [0.25, 0.3) is 0 Å². The van der Waals surface area contributed by atoms with E-state index in [2.05, 4.69) is 10.3 Å². The molecular formula is C13H19F3N2OS. The van der Waals surface area contributed by atoms with Crippen LogP contribution < -0.4 is 5.32 Å². The predicted molar refractivity (Wildman–Crippen MR) is 73.9 cm³/mol. The van der Waals surface area contributed by atoms with Crippen LogP contribution in [0.2, 0.25) is 0 Å². The van der Waals surface area contributed by atoms with Crippen LogP contribution in [-0.4, -0.2) is 37.5 Å². The molecule has 0 bridgehead atoms. The van der Waals surface area contributed by atoms with E-state index in [4.69, 9.17) is 4.74 Å². The predicted octanol–water partition coefficient (Wildman–Crippen LogP) is 3.21. The highest BCUT2D eigenvalue weighted by molar-refractivity contribution is 7.99. The zero-order valence-electron chi connectivity index (χ0n) is 11.4. The molecule has 0 aliphatic carbocycles. The molecule has 114 valence electrons. The van der Waals surface area contributed by atoms with Gasteiger partial charge in [-0.2, -0.15) is 13.2 Å². The smallest absolute Gasteiger partial charge is 0.383 e. The van der Waals surface area contributed by atoms with E-state index in [1.165, 1.54) is 17.8 Å². The number of alkyl halides is 3. The highest BCUT2D eigenvalue weighted by atomic mass is 32.2. The SMILES string of the molecule is COCCNCCCCSc1ccc(C(F)(F)F)cn1. The molecule has 0 saturated carbocycles. The molecule has 0 aliphatic rings. The lowest BCUT2D eigenvalue weighted by Gasteiger charge is -2.07. The first-order valence-electron chi connectivity index (χ1n) is 6.39. The van der Waals surface area contributed by atoms with Crippen molar-refractivity contribution >= 4 is 11.8 Å². The summed E-state index contributed by atoms with van der Waals surface area (Å²) in [5, 5.41) is 3.86. The van der Waals surface area contributed by atoms with Crippen molar-refractivity contribution in [1.29, 1.82) is 0 Å². The number of nitrogens with one attached hydrogen (secondary N) is 1. The number of nitrogens with zero attached hydrogens (tertiary/aromatic N) is 1. The fourth-order valence-electron chi connectivity index (χ4n) is 1.46. The first-order chi connectivity index (χ1) is 9.54. The van der Waals surface area contributed by atoms with Crippen LogP contribution in [0.5, 0.6) is 0 Å². The summed E-state index contributed by atoms with van der Waals surface area (Å²) in [7, 11) is 1.66. The molecule has 1 rings (SSSR count). The molecule has 20 heavy (non-hydrogen) atoms. The van der Waals surface area contributed by atoms with E-state index in [0.29, 0.717) is 11.6 Å². The first kappa shape index (κ1) is 17.3. The van der Waals surface area contributed by atoms with E-state index in [1.807, 2.05) is 0 Å². The van der Waals surface area contributed by atoms with Gasteiger partial charge in [-0.05, 0) is 37.3 Å². The number of rotatable bonds is 9. The fraction of sp³-hybridized carbons (Fsp3) is 0.615. The second kappa shape index (κ2) is 9.20. The highest BCUT2D eigenvalue weighted by Crippen LogP contribution is 2.29. The lowest BCUT2D eigenvalue weighted by Crippen LogP contribution is -2.20. The average Bonchev–Trinajstić information content (AvgIpc) is 2.41. The summed E-state index contributed by atoms with van der Waals surface area (Å²) in [5.41, 5.74) is -0.704. The Labute approximate surface area is 121 Å². The average molecular weight is 308 g/mol. The topological polar surface area (TPSA) is 34.1 Å². The minimum absolute atomic E-state index is 0.630. The summed E-state index contributed by atoms with van der Waals surface area (Å²) >= 11 is 1.48. The van der Waals surface area contributed by atoms with E-state index in [9.17, 15) is 13.2 Å². The molecule has 0 unspecified atom stereocenters. The zero-order valence-corrected chi connectivity index (χ0v) is 12.2. The van der Waals surface area contributed by atoms with Crippen molar-refractivity contribution in [2.24, 2.45) is 0 Å². The maximum atomic E-state index is 12.3. The van der Waals surface area contributed by atoms with Crippen molar-refractivity contribution in [2.75, 3.05) is 32.6 Å². The van der Waals surface area contributed by atoms with Crippen molar-refractivity contribution in [3.63, 3.8) is 0 Å². The first-order valence-corrected chi connectivity index (χ1v) is 7.38. The van der Waals surface area contributed by atoms with E-state index >= 15 is 0 Å². The van der Waals surface area contributed by atoms with Gasteiger partial charge in [-0.3, -0.25) is 0 Å². The molecule has 1 aromatic heterocycles. The Balaban J connectivity index is 2.13. The Morgan fingerprint density at radius 3 is 2.65 bits per heavy atom. The van der Waals surface area contributed by atoms with Crippen LogP contribution >= 0.6 is 11.8 Å². The molecule has 0 radical (unpaired) electrons. The van der Waals surface area contributed by atoms with Crippen molar-refractivity contribution in [1.82, 2.24) is 10.3 Å². The van der Waals surface area contributed by atoms with Crippen LogP contribution in [0.3, 0.4) is 0 Å². The zero-order chi connectivity index (χ0) is 14.8. The second-order valence-corrected chi connectivity index (χ2v) is 5.30. The van der Waals surface area contributed by atoms with Crippen molar-refractivity contribution in [2.45, 2.75) is 24.0 Å². The van der Waals surface area contributed by atoms with Gasteiger partial charge in [0.25, 0.3) is 0 Å². The summed E-state index contributed by atoms with van der Waals surface area (Å²) in [4.78, 5) is 3.81. The second-order valence-electron chi connectivity index (χ2n) is 4.18. The summed E-state index contributed by atoms with van der Waals surface area (Å²) in [6.07, 6.45) is -1.41. The maximum absolute atomic E-state index is 12.3. The third kappa shape index (κ3) is 7.12. The normalized spacial score (nSPS) is 11.8. The number of hydrogen-bond acceptors (Lipinski definition) is 4. The van der Waals surface area contributed by atoms with Crippen molar-refractivity contribution in [3.8, 4) is 0 Å². The molecule has 0 amide bonds. The largest absolute Gasteiger partial charge is 0.417 e. The minimum atomic E-state index is -4.32. The van der Waals surface area contributed by atoms with Crippen LogP contribution in [0.1, 0.15) is 18.4 Å². The van der Waals surface area contributed by atoms with Gasteiger partial charge in [0.1, 0.15) is 0 Å². The van der Waals surface area contributed by atoms with Crippen LogP contribution in [0, 0.1) is 0 Å². The molecular weight excluding hydrogens is 289 g/mol. The number of thioether (sulfide) groups is 1. The minimum Gasteiger partial charge on any atom is -0.383 e. The summed E-state index contributed by atoms with van der Waals surface area (Å²) in [5.74, 6) is 0.852. The molecule has 0 fully saturated rings. The summed E-state index contributed by atoms with van der Waals surface area (Å²) in [6, 6.07) is 2.49. The van der Waals surface area contributed by atoms with Crippen LogP contribution in [-0.2, 0) is 10.9 Å². The van der Waals surface area contributed by atoms with E-state index in [-0.39, 0.29) is 0 Å². The van der Waals surface area contributed by atoms with Gasteiger partial charge in [0.15, 0.2) is 0 Å². The molecule has 0 atom stereocenters. The van der Waals surface area contributed by atoms with Gasteiger partial charge in [-0.15, -0.1) is 11.8 Å². The monoisotopic (exact) mass is 308 g/mol. The van der Waals surface area contributed by atoms with Crippen LogP contribution in [0.15, 0.2) is 23.4 Å². The van der Waals surface area contributed by atoms with Gasteiger partial charge in [0, 0.05) is 19.9 Å². The third-order valence-electron chi connectivity index (χ3n) is 2.54. The molecule has 0 aromatic carbocycles. The maximum Gasteiger partial charge on any atom is 0.417 e. The number of hydrogen-bond donors (Lipinski definition) is 1. The molecule has 0 aliphatic heterocycles. The van der Waals surface area contributed by atoms with Crippen LogP contribution in [0.4, 0.5) is 13.2 Å². The Morgan fingerprint density at radius 1 is 1.25 bits per heavy atom. The number of pyridine rings is 1. The van der Waals surface area contributed by atoms with Crippen molar-refractivity contribution in [3.05, 3.63) is 23.9 Å². The highest BCUT2D eigenvalue weighted by Gasteiger charge is 2.30. The summed E-state index contributed by atoms with van der Waals surface area (Å²) < 4.78 is 41.9. The quantitative estimate of drug-likeness (QED) is 0.561. The molecule has 1 heterocycles. The molecule has 3 nitrogen and oxygen atoms in total. The molecule has 0 spiro atoms. The molecule has 0 saturated heterocycles. The van der Waals surface area contributed by atoms with E-state index in [0.717, 1.165) is 43.9 Å². The molecule has 1 aromatic rings. The van der Waals surface area contributed by atoms with E-state index < -0.39 is 11.7 Å². The third-order valence-corrected chi connectivity index (χ3v) is 3.57. The molecule has 1 N–H and O–H groups in total. The summed E-state index contributed by atoms with van der Waals surface area (Å²) in [6.45, 7) is 2.46. The number of methoxy groups -OCH3 is 1. The fourth-order valence-corrected chi connectivity index (χ4v) is 2.31.